The van der Waals surface area contributed by atoms with Crippen LogP contribution in [0.5, 0.6) is 0 Å². The molecule has 144 valence electrons. The number of nitriles is 1. The van der Waals surface area contributed by atoms with Gasteiger partial charge in [-0.05, 0) is 36.7 Å². The van der Waals surface area contributed by atoms with Crippen LogP contribution >= 0.6 is 0 Å². The first-order chi connectivity index (χ1) is 13.7. The van der Waals surface area contributed by atoms with E-state index in [-0.39, 0.29) is 6.04 Å². The molecule has 5 N–H and O–H groups in total. The number of nitrogens with one attached hydrogen (secondary N) is 3. The van der Waals surface area contributed by atoms with Crippen molar-refractivity contribution in [2.24, 2.45) is 10.7 Å². The molecule has 1 aromatic heterocycles. The molecule has 0 saturated heterocycles. The van der Waals surface area contributed by atoms with Crippen molar-refractivity contribution >= 4 is 23.3 Å². The molecule has 0 saturated carbocycles. The number of nitrogens with zero attached hydrogens (tertiary/aromatic N) is 3. The van der Waals surface area contributed by atoms with Gasteiger partial charge in [0, 0.05) is 49.9 Å². The number of fused-ring (bicyclic) bond motifs is 1. The maximum atomic E-state index is 8.84. The van der Waals surface area contributed by atoms with Crippen LogP contribution in [-0.2, 0) is 6.42 Å². The minimum Gasteiger partial charge on any atom is -0.404 e. The minimum absolute atomic E-state index is 0.258. The van der Waals surface area contributed by atoms with Gasteiger partial charge in [-0.3, -0.25) is 4.99 Å². The van der Waals surface area contributed by atoms with E-state index >= 15 is 0 Å². The predicted octanol–water partition coefficient (Wildman–Crippen LogP) is 1.99. The van der Waals surface area contributed by atoms with Crippen LogP contribution in [0, 0.1) is 11.3 Å². The number of aliphatic imine (C=N–C) groups is 1. The number of aromatic nitrogens is 1. The third-order valence-corrected chi connectivity index (χ3v) is 4.61. The molecule has 7 nitrogen and oxygen atoms in total. The van der Waals surface area contributed by atoms with Crippen molar-refractivity contribution in [3.05, 3.63) is 59.4 Å². The molecular formula is C21H25N7. The molecule has 1 aliphatic heterocycles. The number of hydrogen-bond donors (Lipinski definition) is 4. The Morgan fingerprint density at radius 3 is 2.96 bits per heavy atom. The van der Waals surface area contributed by atoms with Crippen LogP contribution in [0.25, 0.3) is 5.57 Å². The maximum Gasteiger partial charge on any atom is 0.149 e. The maximum absolute atomic E-state index is 8.84. The van der Waals surface area contributed by atoms with Crippen LogP contribution in [-0.4, -0.2) is 43.9 Å². The van der Waals surface area contributed by atoms with Crippen molar-refractivity contribution in [2.45, 2.75) is 12.5 Å². The lowest BCUT2D eigenvalue weighted by molar-refractivity contribution is 0.610. The SMILES string of the molecule is CN=C/C(=C\N)c1cnc2c(c1)NCC(CNCCc1ccc(C#N)cc1)N2. The zero-order valence-corrected chi connectivity index (χ0v) is 15.9. The van der Waals surface area contributed by atoms with E-state index in [0.717, 1.165) is 48.7 Å². The van der Waals surface area contributed by atoms with Crippen LogP contribution in [0.15, 0.2) is 47.7 Å². The lowest BCUT2D eigenvalue weighted by Crippen LogP contribution is -2.42. The molecule has 2 heterocycles. The fraction of sp³-hybridized carbons (Fsp3) is 0.286. The Balaban J connectivity index is 1.49. The van der Waals surface area contributed by atoms with Gasteiger partial charge in [0.2, 0.25) is 0 Å². The summed E-state index contributed by atoms with van der Waals surface area (Å²) in [5.74, 6) is 0.846. The molecule has 0 aliphatic carbocycles. The predicted molar refractivity (Wildman–Crippen MR) is 114 cm³/mol. The molecule has 1 atom stereocenters. The Bertz CT molecular complexity index is 894. The summed E-state index contributed by atoms with van der Waals surface area (Å²) < 4.78 is 0. The zero-order valence-electron chi connectivity index (χ0n) is 15.9. The molecule has 1 aliphatic rings. The highest BCUT2D eigenvalue weighted by molar-refractivity contribution is 6.09. The summed E-state index contributed by atoms with van der Waals surface area (Å²) in [4.78, 5) is 8.55. The van der Waals surface area contributed by atoms with E-state index in [4.69, 9.17) is 11.0 Å². The van der Waals surface area contributed by atoms with Gasteiger partial charge in [0.1, 0.15) is 5.82 Å². The highest BCUT2D eigenvalue weighted by Gasteiger charge is 2.18. The van der Waals surface area contributed by atoms with E-state index in [1.807, 2.05) is 30.3 Å². The standard InChI is InChI=1S/C21H25N7/c1-24-11-18(10-23)17-8-20-21(27-12-17)28-19(14-26-20)13-25-7-6-15-2-4-16(9-22)5-3-15/h2-5,8,10-12,19,25-26H,6-7,13-14,23H2,1H3,(H,27,28)/b18-10+,24-11?. The molecule has 0 bridgehead atoms. The number of nitrogens with two attached hydrogens (primary N) is 1. The van der Waals surface area contributed by atoms with Gasteiger partial charge in [-0.2, -0.15) is 5.26 Å². The number of pyridine rings is 1. The Hall–Kier alpha value is -3.37. The number of allylic oxidation sites excluding steroid dienone is 1. The van der Waals surface area contributed by atoms with Crippen molar-refractivity contribution in [3.63, 3.8) is 0 Å². The van der Waals surface area contributed by atoms with Crippen LogP contribution in [0.2, 0.25) is 0 Å². The van der Waals surface area contributed by atoms with Crippen LogP contribution < -0.4 is 21.7 Å². The van der Waals surface area contributed by atoms with Gasteiger partial charge in [-0.25, -0.2) is 4.98 Å². The van der Waals surface area contributed by atoms with E-state index in [9.17, 15) is 0 Å². The third-order valence-electron chi connectivity index (χ3n) is 4.61. The van der Waals surface area contributed by atoms with Crippen molar-refractivity contribution in [2.75, 3.05) is 37.3 Å². The Morgan fingerprint density at radius 1 is 1.43 bits per heavy atom. The zero-order chi connectivity index (χ0) is 19.8. The lowest BCUT2D eigenvalue weighted by Gasteiger charge is -2.28. The quantitative estimate of drug-likeness (QED) is 0.435. The number of benzene rings is 1. The first-order valence-electron chi connectivity index (χ1n) is 9.28. The van der Waals surface area contributed by atoms with Crippen molar-refractivity contribution in [3.8, 4) is 6.07 Å². The number of anilines is 2. The summed E-state index contributed by atoms with van der Waals surface area (Å²) in [6, 6.07) is 12.2. The molecule has 1 aromatic carbocycles. The Kier molecular flexibility index (Phi) is 6.60. The average Bonchev–Trinajstić information content (AvgIpc) is 2.75. The van der Waals surface area contributed by atoms with E-state index in [0.29, 0.717) is 5.56 Å². The molecule has 3 rings (SSSR count). The van der Waals surface area contributed by atoms with Crippen molar-refractivity contribution in [1.82, 2.24) is 10.3 Å². The molecule has 0 spiro atoms. The first-order valence-corrected chi connectivity index (χ1v) is 9.28. The number of hydrogen-bond acceptors (Lipinski definition) is 7. The van der Waals surface area contributed by atoms with E-state index in [2.05, 4.69) is 32.0 Å². The molecule has 28 heavy (non-hydrogen) atoms. The molecule has 0 amide bonds. The summed E-state index contributed by atoms with van der Waals surface area (Å²) in [7, 11) is 1.72. The number of rotatable bonds is 7. The fourth-order valence-corrected chi connectivity index (χ4v) is 3.08. The second-order valence-corrected chi connectivity index (χ2v) is 6.61. The second-order valence-electron chi connectivity index (χ2n) is 6.61. The molecule has 0 fully saturated rings. The third kappa shape index (κ3) is 4.87. The smallest absolute Gasteiger partial charge is 0.149 e. The molecule has 2 aromatic rings. The van der Waals surface area contributed by atoms with E-state index in [1.54, 1.807) is 19.5 Å². The van der Waals surface area contributed by atoms with Gasteiger partial charge in [0.05, 0.1) is 23.4 Å². The molecule has 1 unspecified atom stereocenters. The highest BCUT2D eigenvalue weighted by Crippen LogP contribution is 2.26. The Labute approximate surface area is 165 Å². The molecule has 7 heteroatoms. The van der Waals surface area contributed by atoms with Crippen molar-refractivity contribution in [1.29, 1.82) is 5.26 Å². The van der Waals surface area contributed by atoms with E-state index in [1.165, 1.54) is 11.8 Å². The topological polar surface area (TPSA) is 111 Å². The summed E-state index contributed by atoms with van der Waals surface area (Å²) in [6.45, 7) is 2.53. The normalized spacial score (nSPS) is 16.1. The van der Waals surface area contributed by atoms with Crippen LogP contribution in [0.1, 0.15) is 16.7 Å². The van der Waals surface area contributed by atoms with Crippen LogP contribution in [0.3, 0.4) is 0 Å². The first kappa shape index (κ1) is 19.4. The lowest BCUT2D eigenvalue weighted by atomic mass is 10.1. The van der Waals surface area contributed by atoms with Gasteiger partial charge in [-0.1, -0.05) is 12.1 Å². The minimum atomic E-state index is 0.258. The van der Waals surface area contributed by atoms with Gasteiger partial charge in [0.25, 0.3) is 0 Å². The molecular weight excluding hydrogens is 350 g/mol. The average molecular weight is 375 g/mol. The Morgan fingerprint density at radius 2 is 2.25 bits per heavy atom. The van der Waals surface area contributed by atoms with Gasteiger partial charge in [0.15, 0.2) is 0 Å². The van der Waals surface area contributed by atoms with Gasteiger partial charge >= 0.3 is 0 Å². The largest absolute Gasteiger partial charge is 0.404 e. The summed E-state index contributed by atoms with van der Waals surface area (Å²) in [6.07, 6.45) is 5.99. The monoisotopic (exact) mass is 375 g/mol. The van der Waals surface area contributed by atoms with E-state index < -0.39 is 0 Å². The molecule has 0 radical (unpaired) electrons. The second kappa shape index (κ2) is 9.53. The highest BCUT2D eigenvalue weighted by atomic mass is 15.1. The van der Waals surface area contributed by atoms with Gasteiger partial charge in [-0.15, -0.1) is 0 Å². The summed E-state index contributed by atoms with van der Waals surface area (Å²) in [5.41, 5.74) is 10.3. The van der Waals surface area contributed by atoms with Crippen LogP contribution in [0.4, 0.5) is 11.5 Å². The van der Waals surface area contributed by atoms with Crippen molar-refractivity contribution < 1.29 is 0 Å². The fourth-order valence-electron chi connectivity index (χ4n) is 3.08. The summed E-state index contributed by atoms with van der Waals surface area (Å²) in [5, 5.41) is 19.2. The summed E-state index contributed by atoms with van der Waals surface area (Å²) >= 11 is 0. The van der Waals surface area contributed by atoms with Gasteiger partial charge < -0.3 is 21.7 Å².